The van der Waals surface area contributed by atoms with E-state index in [1.54, 1.807) is 69.6 Å². The van der Waals surface area contributed by atoms with E-state index in [2.05, 4.69) is 9.71 Å². The van der Waals surface area contributed by atoms with E-state index in [0.29, 0.717) is 23.2 Å². The molecular weight excluding hydrogens is 492 g/mol. The third-order valence-electron chi connectivity index (χ3n) is 5.28. The number of aromatic nitrogens is 1. The highest BCUT2D eigenvalue weighted by Crippen LogP contribution is 2.19. The smallest absolute Gasteiger partial charge is 0.410 e. The average molecular weight is 523 g/mol. The van der Waals surface area contributed by atoms with Gasteiger partial charge in [0.05, 0.1) is 29.2 Å². The van der Waals surface area contributed by atoms with Crippen molar-refractivity contribution in [2.75, 3.05) is 17.8 Å². The van der Waals surface area contributed by atoms with Crippen molar-refractivity contribution in [2.45, 2.75) is 43.8 Å². The number of hydrogen-bond acceptors (Lipinski definition) is 7. The number of nitrogens with one attached hydrogen (secondary N) is 1. The van der Waals surface area contributed by atoms with Crippen LogP contribution < -0.4 is 4.72 Å². The van der Waals surface area contributed by atoms with Crippen molar-refractivity contribution < 1.29 is 23.1 Å². The molecule has 0 saturated carbocycles. The van der Waals surface area contributed by atoms with Gasteiger partial charge in [-0.2, -0.15) is 5.26 Å². The van der Waals surface area contributed by atoms with Crippen LogP contribution in [0.4, 0.5) is 10.5 Å². The van der Waals surface area contributed by atoms with Crippen LogP contribution >= 0.6 is 0 Å². The van der Waals surface area contributed by atoms with Crippen LogP contribution in [-0.4, -0.2) is 48.2 Å². The number of aliphatic hydroxyl groups is 1. The van der Waals surface area contributed by atoms with Crippen molar-refractivity contribution in [3.05, 3.63) is 89.7 Å². The Kier molecular flexibility index (Phi) is 8.86. The van der Waals surface area contributed by atoms with Crippen molar-refractivity contribution in [2.24, 2.45) is 0 Å². The summed E-state index contributed by atoms with van der Waals surface area (Å²) in [6.07, 6.45) is 2.15. The molecule has 2 aromatic carbocycles. The molecule has 194 valence electrons. The van der Waals surface area contributed by atoms with Gasteiger partial charge in [-0.1, -0.05) is 18.2 Å². The summed E-state index contributed by atoms with van der Waals surface area (Å²) in [6.45, 7) is 5.64. The molecule has 1 atom stereocenters. The molecule has 0 aliphatic rings. The minimum atomic E-state index is -3.81. The number of sulfonamides is 1. The molecule has 0 radical (unpaired) electrons. The predicted molar refractivity (Wildman–Crippen MR) is 139 cm³/mol. The number of aliphatic hydroxyl groups excluding tert-OH is 1. The summed E-state index contributed by atoms with van der Waals surface area (Å²) in [5, 5.41) is 19.5. The molecule has 1 amide bonds. The number of nitrogens with zero attached hydrogens (tertiary/aromatic N) is 3. The zero-order chi connectivity index (χ0) is 27.1. The highest BCUT2D eigenvalue weighted by molar-refractivity contribution is 7.92. The number of rotatable bonds is 9. The van der Waals surface area contributed by atoms with E-state index in [-0.39, 0.29) is 18.0 Å². The standard InChI is InChI=1S/C27H30N4O5S/c1-27(2,3)36-26(33)31(19-25(32)22-5-4-15-29-18-22)16-14-20-6-10-23(11-7-20)30-37(34,35)24-12-8-21(17-28)9-13-24/h4-13,15,18,25,30,32H,14,16,19H2,1-3H3. The molecule has 0 spiro atoms. The predicted octanol–water partition coefficient (Wildman–Crippen LogP) is 4.27. The number of carbonyl (C=O) groups excluding carboxylic acids is 1. The molecule has 3 aromatic rings. The number of hydrogen-bond donors (Lipinski definition) is 2. The SMILES string of the molecule is CC(C)(C)OC(=O)N(CCc1ccc(NS(=O)(=O)c2ccc(C#N)cc2)cc1)CC(O)c1cccnc1. The highest BCUT2D eigenvalue weighted by atomic mass is 32.2. The summed E-state index contributed by atoms with van der Waals surface area (Å²) in [5.41, 5.74) is 1.52. The van der Waals surface area contributed by atoms with Gasteiger partial charge in [0.2, 0.25) is 0 Å². The van der Waals surface area contributed by atoms with Crippen LogP contribution in [0.5, 0.6) is 0 Å². The van der Waals surface area contributed by atoms with Crippen LogP contribution in [0.15, 0.2) is 78.0 Å². The summed E-state index contributed by atoms with van der Waals surface area (Å²) >= 11 is 0. The lowest BCUT2D eigenvalue weighted by Crippen LogP contribution is -2.40. The topological polar surface area (TPSA) is 133 Å². The van der Waals surface area contributed by atoms with Crippen LogP contribution in [-0.2, 0) is 21.2 Å². The molecule has 0 saturated heterocycles. The lowest BCUT2D eigenvalue weighted by atomic mass is 10.1. The molecule has 0 aliphatic heterocycles. The number of pyridine rings is 1. The van der Waals surface area contributed by atoms with Crippen molar-refractivity contribution >= 4 is 21.8 Å². The van der Waals surface area contributed by atoms with Crippen LogP contribution in [0.3, 0.4) is 0 Å². The third-order valence-corrected chi connectivity index (χ3v) is 6.68. The fourth-order valence-corrected chi connectivity index (χ4v) is 4.46. The lowest BCUT2D eigenvalue weighted by molar-refractivity contribution is 0.0146. The van der Waals surface area contributed by atoms with Gasteiger partial charge in [-0.15, -0.1) is 0 Å². The first-order chi connectivity index (χ1) is 17.5. The molecule has 10 heteroatoms. The normalized spacial score (nSPS) is 12.3. The van der Waals surface area contributed by atoms with Crippen molar-refractivity contribution in [1.82, 2.24) is 9.88 Å². The Balaban J connectivity index is 1.66. The van der Waals surface area contributed by atoms with Crippen LogP contribution in [0, 0.1) is 11.3 Å². The van der Waals surface area contributed by atoms with E-state index >= 15 is 0 Å². The molecule has 0 aliphatic carbocycles. The maximum absolute atomic E-state index is 12.8. The zero-order valence-electron chi connectivity index (χ0n) is 21.0. The highest BCUT2D eigenvalue weighted by Gasteiger charge is 2.24. The molecule has 2 N–H and O–H groups in total. The van der Waals surface area contributed by atoms with Gasteiger partial charge in [-0.3, -0.25) is 9.71 Å². The number of nitriles is 1. The monoisotopic (exact) mass is 522 g/mol. The molecular formula is C27H30N4O5S. The number of anilines is 1. The number of amides is 1. The molecule has 37 heavy (non-hydrogen) atoms. The van der Waals surface area contributed by atoms with Crippen molar-refractivity contribution in [1.29, 1.82) is 5.26 Å². The fourth-order valence-electron chi connectivity index (χ4n) is 3.40. The second-order valence-electron chi connectivity index (χ2n) is 9.42. The molecule has 9 nitrogen and oxygen atoms in total. The molecule has 1 heterocycles. The van der Waals surface area contributed by atoms with Gasteiger partial charge >= 0.3 is 6.09 Å². The van der Waals surface area contributed by atoms with Crippen LogP contribution in [0.2, 0.25) is 0 Å². The molecule has 0 fully saturated rings. The Labute approximate surface area is 217 Å². The van der Waals surface area contributed by atoms with Crippen LogP contribution in [0.25, 0.3) is 0 Å². The molecule has 1 aromatic heterocycles. The Morgan fingerprint density at radius 3 is 2.38 bits per heavy atom. The first-order valence-corrected chi connectivity index (χ1v) is 13.1. The van der Waals surface area contributed by atoms with Crippen molar-refractivity contribution in [3.63, 3.8) is 0 Å². The first-order valence-electron chi connectivity index (χ1n) is 11.6. The molecule has 0 bridgehead atoms. The Hall–Kier alpha value is -3.94. The summed E-state index contributed by atoms with van der Waals surface area (Å²) in [5.74, 6) is 0. The molecule has 1 unspecified atom stereocenters. The second kappa shape index (κ2) is 11.9. The van der Waals surface area contributed by atoms with E-state index in [9.17, 15) is 18.3 Å². The zero-order valence-corrected chi connectivity index (χ0v) is 21.8. The first kappa shape index (κ1) is 27.6. The van der Waals surface area contributed by atoms with E-state index in [0.717, 1.165) is 5.56 Å². The van der Waals surface area contributed by atoms with Gasteiger partial charge in [-0.05, 0) is 75.2 Å². The largest absolute Gasteiger partial charge is 0.444 e. The summed E-state index contributed by atoms with van der Waals surface area (Å²) in [7, 11) is -3.81. The van der Waals surface area contributed by atoms with E-state index < -0.39 is 27.8 Å². The fraction of sp³-hybridized carbons (Fsp3) is 0.296. The number of carbonyl (C=O) groups is 1. The molecule has 3 rings (SSSR count). The Morgan fingerprint density at radius 2 is 1.81 bits per heavy atom. The average Bonchev–Trinajstić information content (AvgIpc) is 2.86. The van der Waals surface area contributed by atoms with E-state index in [1.807, 2.05) is 6.07 Å². The van der Waals surface area contributed by atoms with Gasteiger partial charge in [0.15, 0.2) is 0 Å². The van der Waals surface area contributed by atoms with Gasteiger partial charge in [0, 0.05) is 30.2 Å². The summed E-state index contributed by atoms with van der Waals surface area (Å²) in [6, 6.07) is 17.9. The van der Waals surface area contributed by atoms with Crippen LogP contribution in [0.1, 0.15) is 43.6 Å². The minimum absolute atomic E-state index is 0.0308. The summed E-state index contributed by atoms with van der Waals surface area (Å²) < 4.78 is 33.3. The lowest BCUT2D eigenvalue weighted by Gasteiger charge is -2.29. The van der Waals surface area contributed by atoms with Gasteiger partial charge in [-0.25, -0.2) is 13.2 Å². The summed E-state index contributed by atoms with van der Waals surface area (Å²) in [4.78, 5) is 18.3. The maximum Gasteiger partial charge on any atom is 0.410 e. The Bertz CT molecular complexity index is 1330. The number of benzene rings is 2. The van der Waals surface area contributed by atoms with Gasteiger partial charge in [0.25, 0.3) is 10.0 Å². The second-order valence-corrected chi connectivity index (χ2v) is 11.1. The third kappa shape index (κ3) is 8.31. The van der Waals surface area contributed by atoms with Gasteiger partial charge in [0.1, 0.15) is 5.60 Å². The minimum Gasteiger partial charge on any atom is -0.444 e. The Morgan fingerprint density at radius 1 is 1.14 bits per heavy atom. The quantitative estimate of drug-likeness (QED) is 0.429. The van der Waals surface area contributed by atoms with E-state index in [4.69, 9.17) is 10.00 Å². The van der Waals surface area contributed by atoms with E-state index in [1.165, 1.54) is 29.2 Å². The number of ether oxygens (including phenoxy) is 1. The maximum atomic E-state index is 12.8. The van der Waals surface area contributed by atoms with Gasteiger partial charge < -0.3 is 14.7 Å². The van der Waals surface area contributed by atoms with Crippen molar-refractivity contribution in [3.8, 4) is 6.07 Å².